The van der Waals surface area contributed by atoms with Crippen LogP contribution in [-0.4, -0.2) is 14.5 Å². The van der Waals surface area contributed by atoms with E-state index in [1.807, 2.05) is 6.07 Å². The van der Waals surface area contributed by atoms with Crippen molar-refractivity contribution in [3.63, 3.8) is 0 Å². The van der Waals surface area contributed by atoms with Crippen molar-refractivity contribution in [2.45, 2.75) is 49.5 Å². The molecule has 5 heteroatoms. The van der Waals surface area contributed by atoms with Crippen LogP contribution in [0.25, 0.3) is 0 Å². The number of sulfonamides is 1. The topological polar surface area (TPSA) is 72.2 Å². The van der Waals surface area contributed by atoms with Crippen molar-refractivity contribution < 1.29 is 8.42 Å². The molecule has 1 aliphatic carbocycles. The fourth-order valence-electron chi connectivity index (χ4n) is 2.48. The number of nitrogens with two attached hydrogens (primary N) is 1. The Labute approximate surface area is 109 Å². The minimum absolute atomic E-state index is 0.189. The Morgan fingerprint density at radius 2 is 1.67 bits per heavy atom. The zero-order valence-electron chi connectivity index (χ0n) is 10.4. The molecule has 18 heavy (non-hydrogen) atoms. The molecule has 0 atom stereocenters. The predicted octanol–water partition coefficient (Wildman–Crippen LogP) is 2.47. The Morgan fingerprint density at radius 3 is 2.28 bits per heavy atom. The Morgan fingerprint density at radius 1 is 1.06 bits per heavy atom. The fourth-order valence-corrected chi connectivity index (χ4v) is 3.18. The van der Waals surface area contributed by atoms with E-state index in [4.69, 9.17) is 5.14 Å². The van der Waals surface area contributed by atoms with Gasteiger partial charge in [0.15, 0.2) is 0 Å². The number of para-hydroxylation sites is 1. The van der Waals surface area contributed by atoms with Gasteiger partial charge in [-0.05, 0) is 25.0 Å². The number of anilines is 1. The first-order valence-corrected chi connectivity index (χ1v) is 8.00. The molecule has 2 rings (SSSR count). The Kier molecular flexibility index (Phi) is 4.24. The molecular weight excluding hydrogens is 248 g/mol. The molecule has 0 amide bonds. The van der Waals surface area contributed by atoms with Crippen molar-refractivity contribution in [3.05, 3.63) is 24.3 Å². The van der Waals surface area contributed by atoms with Gasteiger partial charge >= 0.3 is 0 Å². The van der Waals surface area contributed by atoms with Crippen LogP contribution in [0.3, 0.4) is 0 Å². The summed E-state index contributed by atoms with van der Waals surface area (Å²) in [5.41, 5.74) is 0.631. The van der Waals surface area contributed by atoms with E-state index >= 15 is 0 Å². The smallest absolute Gasteiger partial charge is 0.240 e. The number of nitrogens with one attached hydrogen (secondary N) is 1. The third-order valence-corrected chi connectivity index (χ3v) is 4.38. The molecule has 0 unspecified atom stereocenters. The number of rotatable bonds is 3. The standard InChI is InChI=1S/C13H20N2O2S/c14-18(16,17)13-10-6-5-9-12(13)15-11-7-3-1-2-4-8-11/h5-6,9-11,15H,1-4,7-8H2,(H2,14,16,17). The molecular formula is C13H20N2O2S. The van der Waals surface area contributed by atoms with Crippen LogP contribution < -0.4 is 10.5 Å². The molecule has 1 saturated carbocycles. The average molecular weight is 268 g/mol. The molecule has 1 aromatic carbocycles. The van der Waals surface area contributed by atoms with Crippen LogP contribution in [-0.2, 0) is 10.0 Å². The molecule has 100 valence electrons. The van der Waals surface area contributed by atoms with Crippen molar-refractivity contribution in [2.75, 3.05) is 5.32 Å². The Balaban J connectivity index is 2.18. The van der Waals surface area contributed by atoms with Crippen molar-refractivity contribution in [1.82, 2.24) is 0 Å². The molecule has 0 heterocycles. The first kappa shape index (κ1) is 13.4. The maximum Gasteiger partial charge on any atom is 0.240 e. The maximum absolute atomic E-state index is 11.5. The molecule has 0 radical (unpaired) electrons. The van der Waals surface area contributed by atoms with E-state index in [-0.39, 0.29) is 4.90 Å². The summed E-state index contributed by atoms with van der Waals surface area (Å²) in [5, 5.41) is 8.56. The number of hydrogen-bond donors (Lipinski definition) is 2. The number of primary sulfonamides is 1. The summed E-state index contributed by atoms with van der Waals surface area (Å²) in [5.74, 6) is 0. The summed E-state index contributed by atoms with van der Waals surface area (Å²) in [6, 6.07) is 7.21. The molecule has 0 bridgehead atoms. The van der Waals surface area contributed by atoms with E-state index in [1.165, 1.54) is 25.7 Å². The zero-order chi connectivity index (χ0) is 13.0. The molecule has 1 fully saturated rings. The van der Waals surface area contributed by atoms with Crippen molar-refractivity contribution in [3.8, 4) is 0 Å². The number of hydrogen-bond acceptors (Lipinski definition) is 3. The van der Waals surface area contributed by atoms with Gasteiger partial charge in [0, 0.05) is 6.04 Å². The SMILES string of the molecule is NS(=O)(=O)c1ccccc1NC1CCCCCC1. The number of benzene rings is 1. The molecule has 3 N–H and O–H groups in total. The highest BCUT2D eigenvalue weighted by molar-refractivity contribution is 7.89. The molecule has 0 saturated heterocycles. The molecule has 4 nitrogen and oxygen atoms in total. The van der Waals surface area contributed by atoms with Crippen LogP contribution in [0, 0.1) is 0 Å². The highest BCUT2D eigenvalue weighted by Gasteiger charge is 2.17. The lowest BCUT2D eigenvalue weighted by Gasteiger charge is -2.19. The van der Waals surface area contributed by atoms with Gasteiger partial charge in [0.05, 0.1) is 5.69 Å². The molecule has 0 aromatic heterocycles. The van der Waals surface area contributed by atoms with Crippen LogP contribution >= 0.6 is 0 Å². The summed E-state index contributed by atoms with van der Waals surface area (Å²) in [4.78, 5) is 0.189. The maximum atomic E-state index is 11.5. The van der Waals surface area contributed by atoms with Gasteiger partial charge in [-0.15, -0.1) is 0 Å². The minimum atomic E-state index is -3.66. The lowest BCUT2D eigenvalue weighted by Crippen LogP contribution is -2.21. The van der Waals surface area contributed by atoms with E-state index in [0.29, 0.717) is 11.7 Å². The molecule has 1 aliphatic rings. The summed E-state index contributed by atoms with van der Waals surface area (Å²) in [7, 11) is -3.66. The molecule has 0 spiro atoms. The van der Waals surface area contributed by atoms with Crippen LogP contribution in [0.5, 0.6) is 0 Å². The summed E-state index contributed by atoms with van der Waals surface area (Å²) < 4.78 is 23.0. The Hall–Kier alpha value is -1.07. The van der Waals surface area contributed by atoms with Crippen LogP contribution in [0.15, 0.2) is 29.2 Å². The van der Waals surface area contributed by atoms with E-state index in [2.05, 4.69) is 5.32 Å². The zero-order valence-corrected chi connectivity index (χ0v) is 11.2. The predicted molar refractivity (Wildman–Crippen MR) is 72.9 cm³/mol. The quantitative estimate of drug-likeness (QED) is 0.827. The second-order valence-corrected chi connectivity index (χ2v) is 6.40. The summed E-state index contributed by atoms with van der Waals surface area (Å²) in [6.45, 7) is 0. The van der Waals surface area contributed by atoms with Crippen LogP contribution in [0.4, 0.5) is 5.69 Å². The fraction of sp³-hybridized carbons (Fsp3) is 0.538. The first-order chi connectivity index (χ1) is 8.57. The van der Waals surface area contributed by atoms with E-state index in [0.717, 1.165) is 12.8 Å². The van der Waals surface area contributed by atoms with Crippen molar-refractivity contribution >= 4 is 15.7 Å². The highest BCUT2D eigenvalue weighted by Crippen LogP contribution is 2.25. The normalized spacial score (nSPS) is 18.3. The Bertz CT molecular complexity index is 491. The largest absolute Gasteiger partial charge is 0.381 e. The van der Waals surface area contributed by atoms with E-state index < -0.39 is 10.0 Å². The summed E-state index contributed by atoms with van der Waals surface area (Å²) in [6.07, 6.45) is 7.15. The van der Waals surface area contributed by atoms with Gasteiger partial charge in [-0.3, -0.25) is 0 Å². The first-order valence-electron chi connectivity index (χ1n) is 6.46. The average Bonchev–Trinajstić information content (AvgIpc) is 2.57. The highest BCUT2D eigenvalue weighted by atomic mass is 32.2. The third kappa shape index (κ3) is 3.46. The van der Waals surface area contributed by atoms with Gasteiger partial charge in [0.25, 0.3) is 0 Å². The third-order valence-electron chi connectivity index (χ3n) is 3.41. The summed E-state index contributed by atoms with van der Waals surface area (Å²) >= 11 is 0. The van der Waals surface area contributed by atoms with Gasteiger partial charge in [-0.2, -0.15) is 0 Å². The van der Waals surface area contributed by atoms with Gasteiger partial charge in [-0.1, -0.05) is 37.8 Å². The second kappa shape index (κ2) is 5.71. The minimum Gasteiger partial charge on any atom is -0.381 e. The molecule has 0 aliphatic heterocycles. The van der Waals surface area contributed by atoms with Crippen LogP contribution in [0.1, 0.15) is 38.5 Å². The van der Waals surface area contributed by atoms with Crippen molar-refractivity contribution in [2.24, 2.45) is 5.14 Å². The van der Waals surface area contributed by atoms with Crippen molar-refractivity contribution in [1.29, 1.82) is 0 Å². The van der Waals surface area contributed by atoms with Crippen LogP contribution in [0.2, 0.25) is 0 Å². The lowest BCUT2D eigenvalue weighted by atomic mass is 10.1. The molecule has 1 aromatic rings. The van der Waals surface area contributed by atoms with Gasteiger partial charge < -0.3 is 5.32 Å². The van der Waals surface area contributed by atoms with E-state index in [9.17, 15) is 8.42 Å². The van der Waals surface area contributed by atoms with E-state index in [1.54, 1.807) is 18.2 Å². The lowest BCUT2D eigenvalue weighted by molar-refractivity contribution is 0.596. The second-order valence-electron chi connectivity index (χ2n) is 4.87. The van der Waals surface area contributed by atoms with Gasteiger partial charge in [-0.25, -0.2) is 13.6 Å². The van der Waals surface area contributed by atoms with Gasteiger partial charge in [0.2, 0.25) is 10.0 Å². The van der Waals surface area contributed by atoms with Gasteiger partial charge in [0.1, 0.15) is 4.90 Å². The monoisotopic (exact) mass is 268 g/mol.